The average Bonchev–Trinajstić information content (AvgIpc) is 2.88. The molecule has 8 heteroatoms. The van der Waals surface area contributed by atoms with E-state index in [9.17, 15) is 14.4 Å². The number of esters is 1. The first-order chi connectivity index (χ1) is 11.9. The van der Waals surface area contributed by atoms with Crippen LogP contribution < -0.4 is 10.1 Å². The van der Waals surface area contributed by atoms with Crippen LogP contribution in [0.25, 0.3) is 6.08 Å². The second-order valence-corrected chi connectivity index (χ2v) is 6.76. The lowest BCUT2D eigenvalue weighted by Crippen LogP contribution is -2.17. The molecule has 1 aliphatic heterocycles. The summed E-state index contributed by atoms with van der Waals surface area (Å²) in [5, 5.41) is 2.34. The molecule has 0 aliphatic carbocycles. The standard InChI is InChI=1S/C17H9Cl2NO4S/c18-10-5-6-13(24-16(22)11-3-1-2-4-12(11)19)9(7-10)8-14-15(21)20-17(23)25-14/h1-8H,(H,20,21,23)/b14-8-. The number of rotatable bonds is 3. The van der Waals surface area contributed by atoms with Gasteiger partial charge in [-0.3, -0.25) is 14.9 Å². The largest absolute Gasteiger partial charge is 0.422 e. The summed E-state index contributed by atoms with van der Waals surface area (Å²) >= 11 is 12.7. The molecular weight excluding hydrogens is 385 g/mol. The minimum absolute atomic E-state index is 0.183. The molecule has 0 saturated carbocycles. The fourth-order valence-electron chi connectivity index (χ4n) is 2.07. The van der Waals surface area contributed by atoms with Gasteiger partial charge < -0.3 is 4.74 Å². The van der Waals surface area contributed by atoms with Crippen molar-refractivity contribution < 1.29 is 19.1 Å². The molecule has 1 N–H and O–H groups in total. The summed E-state index contributed by atoms with van der Waals surface area (Å²) in [6.45, 7) is 0. The highest BCUT2D eigenvalue weighted by molar-refractivity contribution is 8.18. The Kier molecular flexibility index (Phi) is 5.13. The topological polar surface area (TPSA) is 72.5 Å². The van der Waals surface area contributed by atoms with Crippen LogP contribution in [-0.4, -0.2) is 17.1 Å². The van der Waals surface area contributed by atoms with Crippen LogP contribution >= 0.6 is 35.0 Å². The average molecular weight is 394 g/mol. The molecule has 126 valence electrons. The van der Waals surface area contributed by atoms with Gasteiger partial charge in [0.1, 0.15) is 5.75 Å². The predicted molar refractivity (Wildman–Crippen MR) is 97.0 cm³/mol. The van der Waals surface area contributed by atoms with Gasteiger partial charge >= 0.3 is 5.97 Å². The molecule has 0 radical (unpaired) electrons. The minimum Gasteiger partial charge on any atom is -0.422 e. The fraction of sp³-hybridized carbons (Fsp3) is 0. The van der Waals surface area contributed by atoms with Gasteiger partial charge in [0, 0.05) is 10.6 Å². The van der Waals surface area contributed by atoms with Gasteiger partial charge in [-0.25, -0.2) is 4.79 Å². The molecule has 0 bridgehead atoms. The van der Waals surface area contributed by atoms with Gasteiger partial charge in [0.15, 0.2) is 0 Å². The van der Waals surface area contributed by atoms with Gasteiger partial charge in [-0.1, -0.05) is 35.3 Å². The number of nitrogens with one attached hydrogen (secondary N) is 1. The highest BCUT2D eigenvalue weighted by atomic mass is 35.5. The van der Waals surface area contributed by atoms with Crippen molar-refractivity contribution in [2.75, 3.05) is 0 Å². The van der Waals surface area contributed by atoms with Gasteiger partial charge in [-0.05, 0) is 48.2 Å². The lowest BCUT2D eigenvalue weighted by molar-refractivity contribution is -0.115. The Morgan fingerprint density at radius 2 is 1.88 bits per heavy atom. The van der Waals surface area contributed by atoms with Crippen LogP contribution in [0.5, 0.6) is 5.75 Å². The van der Waals surface area contributed by atoms with Crippen molar-refractivity contribution in [3.05, 3.63) is 68.5 Å². The van der Waals surface area contributed by atoms with Crippen molar-refractivity contribution in [3.8, 4) is 5.75 Å². The summed E-state index contributed by atoms with van der Waals surface area (Å²) in [6.07, 6.45) is 1.44. The van der Waals surface area contributed by atoms with E-state index >= 15 is 0 Å². The van der Waals surface area contributed by atoms with Crippen LogP contribution in [0.3, 0.4) is 0 Å². The fourth-order valence-corrected chi connectivity index (χ4v) is 3.14. The van der Waals surface area contributed by atoms with Gasteiger partial charge in [-0.15, -0.1) is 0 Å². The number of hydrogen-bond donors (Lipinski definition) is 1. The maximum atomic E-state index is 12.3. The van der Waals surface area contributed by atoms with E-state index in [1.54, 1.807) is 24.3 Å². The number of ether oxygens (including phenoxy) is 1. The Labute approximate surface area is 156 Å². The zero-order valence-electron chi connectivity index (χ0n) is 12.4. The van der Waals surface area contributed by atoms with E-state index in [0.29, 0.717) is 10.6 Å². The number of thioether (sulfide) groups is 1. The molecule has 1 aliphatic rings. The third-order valence-corrected chi connectivity index (χ3v) is 4.57. The number of carbonyl (C=O) groups excluding carboxylic acids is 3. The van der Waals surface area contributed by atoms with E-state index in [4.69, 9.17) is 27.9 Å². The third-order valence-electron chi connectivity index (χ3n) is 3.20. The van der Waals surface area contributed by atoms with Crippen molar-refractivity contribution in [1.82, 2.24) is 5.32 Å². The summed E-state index contributed by atoms with van der Waals surface area (Å²) in [5.74, 6) is -0.972. The van der Waals surface area contributed by atoms with Gasteiger partial charge in [0.2, 0.25) is 0 Å². The molecule has 1 fully saturated rings. The Morgan fingerprint density at radius 1 is 1.12 bits per heavy atom. The van der Waals surface area contributed by atoms with E-state index in [-0.39, 0.29) is 21.2 Å². The summed E-state index contributed by atoms with van der Waals surface area (Å²) in [6, 6.07) is 11.1. The maximum absolute atomic E-state index is 12.3. The second kappa shape index (κ2) is 7.31. The summed E-state index contributed by atoms with van der Waals surface area (Å²) in [4.78, 5) is 35.5. The van der Waals surface area contributed by atoms with Crippen molar-refractivity contribution in [3.63, 3.8) is 0 Å². The second-order valence-electron chi connectivity index (χ2n) is 4.90. The predicted octanol–water partition coefficient (Wildman–Crippen LogP) is 4.54. The molecule has 2 aromatic rings. The smallest absolute Gasteiger partial charge is 0.345 e. The Morgan fingerprint density at radius 3 is 2.56 bits per heavy atom. The Balaban J connectivity index is 1.94. The lowest BCUT2D eigenvalue weighted by Gasteiger charge is -2.09. The molecule has 1 saturated heterocycles. The van der Waals surface area contributed by atoms with E-state index < -0.39 is 17.1 Å². The Hall–Kier alpha value is -2.28. The van der Waals surface area contributed by atoms with Gasteiger partial charge in [0.05, 0.1) is 15.5 Å². The number of halogens is 2. The molecule has 5 nitrogen and oxygen atoms in total. The molecule has 0 atom stereocenters. The van der Waals surface area contributed by atoms with Crippen molar-refractivity contribution in [2.24, 2.45) is 0 Å². The van der Waals surface area contributed by atoms with Crippen LogP contribution in [0.1, 0.15) is 15.9 Å². The van der Waals surface area contributed by atoms with E-state index in [1.165, 1.54) is 24.3 Å². The normalized spacial score (nSPS) is 15.4. The number of benzene rings is 2. The van der Waals surface area contributed by atoms with Crippen LogP contribution in [-0.2, 0) is 4.79 Å². The molecule has 3 rings (SSSR count). The van der Waals surface area contributed by atoms with Crippen LogP contribution in [0.4, 0.5) is 4.79 Å². The van der Waals surface area contributed by atoms with Crippen molar-refractivity contribution in [1.29, 1.82) is 0 Å². The monoisotopic (exact) mass is 393 g/mol. The zero-order chi connectivity index (χ0) is 18.0. The molecule has 0 aromatic heterocycles. The van der Waals surface area contributed by atoms with E-state index in [2.05, 4.69) is 5.32 Å². The van der Waals surface area contributed by atoms with Gasteiger partial charge in [-0.2, -0.15) is 0 Å². The first-order valence-electron chi connectivity index (χ1n) is 6.95. The van der Waals surface area contributed by atoms with Crippen LogP contribution in [0.2, 0.25) is 10.0 Å². The molecule has 1 heterocycles. The summed E-state index contributed by atoms with van der Waals surface area (Å²) < 4.78 is 5.39. The SMILES string of the molecule is O=C1NC(=O)/C(=C/c2cc(Cl)ccc2OC(=O)c2ccccc2Cl)S1. The van der Waals surface area contributed by atoms with Crippen molar-refractivity contribution in [2.45, 2.75) is 0 Å². The summed E-state index contributed by atoms with van der Waals surface area (Å²) in [5.41, 5.74) is 0.598. The Bertz CT molecular complexity index is 927. The number of hydrogen-bond acceptors (Lipinski definition) is 5. The minimum atomic E-state index is -0.646. The number of amides is 2. The first kappa shape index (κ1) is 17.5. The van der Waals surface area contributed by atoms with E-state index in [0.717, 1.165) is 11.8 Å². The number of carbonyl (C=O) groups is 3. The zero-order valence-corrected chi connectivity index (χ0v) is 14.7. The number of imide groups is 1. The third kappa shape index (κ3) is 4.04. The quantitative estimate of drug-likeness (QED) is 0.470. The van der Waals surface area contributed by atoms with E-state index in [1.807, 2.05) is 0 Å². The highest BCUT2D eigenvalue weighted by Crippen LogP contribution is 2.31. The lowest BCUT2D eigenvalue weighted by atomic mass is 10.1. The first-order valence-corrected chi connectivity index (χ1v) is 8.52. The highest BCUT2D eigenvalue weighted by Gasteiger charge is 2.25. The van der Waals surface area contributed by atoms with Crippen LogP contribution in [0.15, 0.2) is 47.4 Å². The maximum Gasteiger partial charge on any atom is 0.345 e. The molecule has 25 heavy (non-hydrogen) atoms. The van der Waals surface area contributed by atoms with Gasteiger partial charge in [0.25, 0.3) is 11.1 Å². The molecule has 2 aromatic carbocycles. The molecule has 2 amide bonds. The molecular formula is C17H9Cl2NO4S. The molecule has 0 spiro atoms. The van der Waals surface area contributed by atoms with Crippen LogP contribution in [0, 0.1) is 0 Å². The summed E-state index contributed by atoms with van der Waals surface area (Å²) in [7, 11) is 0. The van der Waals surface area contributed by atoms with Crippen molar-refractivity contribution >= 4 is 58.2 Å². The molecule has 0 unspecified atom stereocenters.